The average molecular weight is 405 g/mol. The Morgan fingerprint density at radius 3 is 2.86 bits per heavy atom. The van der Waals surface area contributed by atoms with Crippen LogP contribution < -0.4 is 5.32 Å². The van der Waals surface area contributed by atoms with Gasteiger partial charge in [-0.2, -0.15) is 4.31 Å². The van der Waals surface area contributed by atoms with Crippen molar-refractivity contribution in [2.45, 2.75) is 57.0 Å². The van der Waals surface area contributed by atoms with Gasteiger partial charge in [-0.3, -0.25) is 4.79 Å². The van der Waals surface area contributed by atoms with Crippen LogP contribution in [0.2, 0.25) is 0 Å². The van der Waals surface area contributed by atoms with Crippen LogP contribution in [-0.4, -0.2) is 47.3 Å². The van der Waals surface area contributed by atoms with E-state index >= 15 is 0 Å². The summed E-state index contributed by atoms with van der Waals surface area (Å²) in [6, 6.07) is 4.81. The van der Waals surface area contributed by atoms with Crippen LogP contribution >= 0.6 is 0 Å². The van der Waals surface area contributed by atoms with Crippen molar-refractivity contribution in [1.29, 1.82) is 0 Å². The van der Waals surface area contributed by atoms with Gasteiger partial charge in [0.05, 0.1) is 11.2 Å². The predicted octanol–water partition coefficient (Wildman–Crippen LogP) is 2.57. The lowest BCUT2D eigenvalue weighted by Gasteiger charge is -2.32. The first kappa shape index (κ1) is 20.5. The SMILES string of the molecule is Cc1ccc(S(=O)(=O)N2CCCCC2C)cc1C(=O)NCCCn1ccnc1. The van der Waals surface area contributed by atoms with Gasteiger partial charge in [-0.15, -0.1) is 0 Å². The Morgan fingerprint density at radius 1 is 1.32 bits per heavy atom. The fraction of sp³-hybridized carbons (Fsp3) is 0.500. The number of carbonyl (C=O) groups is 1. The Morgan fingerprint density at radius 2 is 2.14 bits per heavy atom. The molecule has 7 nitrogen and oxygen atoms in total. The molecule has 1 N–H and O–H groups in total. The summed E-state index contributed by atoms with van der Waals surface area (Å²) in [4.78, 5) is 16.8. The molecule has 1 fully saturated rings. The van der Waals surface area contributed by atoms with E-state index in [1.54, 1.807) is 29.0 Å². The molecule has 1 aromatic heterocycles. The fourth-order valence-corrected chi connectivity index (χ4v) is 5.27. The van der Waals surface area contributed by atoms with Crippen LogP contribution in [0.3, 0.4) is 0 Å². The fourth-order valence-electron chi connectivity index (χ4n) is 3.55. The van der Waals surface area contributed by atoms with Crippen LogP contribution in [0, 0.1) is 6.92 Å². The third-order valence-electron chi connectivity index (χ3n) is 5.24. The molecule has 2 heterocycles. The third kappa shape index (κ3) is 4.62. The number of aryl methyl sites for hydroxylation is 2. The molecule has 152 valence electrons. The zero-order valence-corrected chi connectivity index (χ0v) is 17.3. The van der Waals surface area contributed by atoms with Crippen molar-refractivity contribution in [1.82, 2.24) is 19.2 Å². The number of imidazole rings is 1. The zero-order chi connectivity index (χ0) is 20.1. The van der Waals surface area contributed by atoms with Gasteiger partial charge in [0.15, 0.2) is 0 Å². The lowest BCUT2D eigenvalue weighted by Crippen LogP contribution is -2.42. The predicted molar refractivity (Wildman–Crippen MR) is 108 cm³/mol. The smallest absolute Gasteiger partial charge is 0.251 e. The number of benzene rings is 1. The molecular formula is C20H28N4O3S. The molecule has 1 aliphatic rings. The van der Waals surface area contributed by atoms with Gasteiger partial charge < -0.3 is 9.88 Å². The van der Waals surface area contributed by atoms with Crippen molar-refractivity contribution in [3.8, 4) is 0 Å². The maximum absolute atomic E-state index is 13.1. The minimum Gasteiger partial charge on any atom is -0.352 e. The highest BCUT2D eigenvalue weighted by Gasteiger charge is 2.31. The number of hydrogen-bond donors (Lipinski definition) is 1. The molecule has 2 aromatic rings. The Labute approximate surface area is 166 Å². The van der Waals surface area contributed by atoms with Crippen molar-refractivity contribution in [2.24, 2.45) is 0 Å². The van der Waals surface area contributed by atoms with Crippen LogP contribution in [-0.2, 0) is 16.6 Å². The molecule has 28 heavy (non-hydrogen) atoms. The number of hydrogen-bond acceptors (Lipinski definition) is 4. The minimum absolute atomic E-state index is 0.0134. The van der Waals surface area contributed by atoms with E-state index in [1.165, 1.54) is 6.07 Å². The standard InChI is InChI=1S/C20H28N4O3S/c1-16-7-8-18(28(26,27)24-12-4-3-6-17(24)2)14-19(16)20(25)22-9-5-11-23-13-10-21-15-23/h7-8,10,13-15,17H,3-6,9,11-12H2,1-2H3,(H,22,25). The molecule has 1 amide bonds. The molecular weight excluding hydrogens is 376 g/mol. The number of sulfonamides is 1. The lowest BCUT2D eigenvalue weighted by molar-refractivity contribution is 0.0952. The van der Waals surface area contributed by atoms with E-state index in [0.29, 0.717) is 18.7 Å². The largest absolute Gasteiger partial charge is 0.352 e. The lowest BCUT2D eigenvalue weighted by atomic mass is 10.1. The van der Waals surface area contributed by atoms with E-state index in [0.717, 1.165) is 37.8 Å². The maximum Gasteiger partial charge on any atom is 0.251 e. The molecule has 1 saturated heterocycles. The third-order valence-corrected chi connectivity index (χ3v) is 7.25. The van der Waals surface area contributed by atoms with Crippen molar-refractivity contribution in [2.75, 3.05) is 13.1 Å². The van der Waals surface area contributed by atoms with Gasteiger partial charge in [0, 0.05) is 43.6 Å². The van der Waals surface area contributed by atoms with E-state index in [2.05, 4.69) is 10.3 Å². The van der Waals surface area contributed by atoms with Crippen LogP contribution in [0.5, 0.6) is 0 Å². The van der Waals surface area contributed by atoms with Crippen molar-refractivity contribution in [3.05, 3.63) is 48.0 Å². The number of nitrogens with zero attached hydrogens (tertiary/aromatic N) is 3. The highest BCUT2D eigenvalue weighted by molar-refractivity contribution is 7.89. The van der Waals surface area contributed by atoms with E-state index in [9.17, 15) is 13.2 Å². The summed E-state index contributed by atoms with van der Waals surface area (Å²) in [6.07, 6.45) is 8.90. The van der Waals surface area contributed by atoms with Gasteiger partial charge in [-0.25, -0.2) is 13.4 Å². The number of nitrogens with one attached hydrogen (secondary N) is 1. The molecule has 0 spiro atoms. The maximum atomic E-state index is 13.1. The Hall–Kier alpha value is -2.19. The second-order valence-corrected chi connectivity index (χ2v) is 9.24. The zero-order valence-electron chi connectivity index (χ0n) is 16.5. The number of aromatic nitrogens is 2. The number of carbonyl (C=O) groups excluding carboxylic acids is 1. The van der Waals surface area contributed by atoms with E-state index in [-0.39, 0.29) is 16.8 Å². The molecule has 1 atom stereocenters. The van der Waals surface area contributed by atoms with Gasteiger partial charge in [0.25, 0.3) is 5.91 Å². The molecule has 0 radical (unpaired) electrons. The molecule has 1 aliphatic heterocycles. The molecule has 8 heteroatoms. The van der Waals surface area contributed by atoms with Crippen LogP contribution in [0.1, 0.15) is 48.5 Å². The monoisotopic (exact) mass is 404 g/mol. The van der Waals surface area contributed by atoms with Gasteiger partial charge in [-0.1, -0.05) is 12.5 Å². The first-order chi connectivity index (χ1) is 13.4. The topological polar surface area (TPSA) is 84.3 Å². The Kier molecular flexibility index (Phi) is 6.51. The Balaban J connectivity index is 1.69. The quantitative estimate of drug-likeness (QED) is 0.719. The highest BCUT2D eigenvalue weighted by atomic mass is 32.2. The second-order valence-electron chi connectivity index (χ2n) is 7.35. The summed E-state index contributed by atoms with van der Waals surface area (Å²) >= 11 is 0. The van der Waals surface area contributed by atoms with Gasteiger partial charge in [0.2, 0.25) is 10.0 Å². The molecule has 1 unspecified atom stereocenters. The first-order valence-electron chi connectivity index (χ1n) is 9.76. The normalized spacial score (nSPS) is 18.1. The highest BCUT2D eigenvalue weighted by Crippen LogP contribution is 2.26. The summed E-state index contributed by atoms with van der Waals surface area (Å²) in [6.45, 7) is 5.57. The van der Waals surface area contributed by atoms with Gasteiger partial charge >= 0.3 is 0 Å². The summed E-state index contributed by atoms with van der Waals surface area (Å²) < 4.78 is 29.6. The van der Waals surface area contributed by atoms with Crippen LogP contribution in [0.25, 0.3) is 0 Å². The minimum atomic E-state index is -3.60. The molecule has 3 rings (SSSR count). The van der Waals surface area contributed by atoms with Crippen molar-refractivity contribution < 1.29 is 13.2 Å². The molecule has 0 aliphatic carbocycles. The van der Waals surface area contributed by atoms with E-state index in [1.807, 2.05) is 24.6 Å². The summed E-state index contributed by atoms with van der Waals surface area (Å²) in [5, 5.41) is 2.89. The van der Waals surface area contributed by atoms with Gasteiger partial charge in [0.1, 0.15) is 0 Å². The van der Waals surface area contributed by atoms with Crippen molar-refractivity contribution >= 4 is 15.9 Å². The van der Waals surface area contributed by atoms with E-state index in [4.69, 9.17) is 0 Å². The average Bonchev–Trinajstić information content (AvgIpc) is 3.19. The van der Waals surface area contributed by atoms with Crippen molar-refractivity contribution in [3.63, 3.8) is 0 Å². The molecule has 0 bridgehead atoms. The summed E-state index contributed by atoms with van der Waals surface area (Å²) in [7, 11) is -3.60. The summed E-state index contributed by atoms with van der Waals surface area (Å²) in [5.41, 5.74) is 1.17. The number of rotatable bonds is 7. The van der Waals surface area contributed by atoms with E-state index < -0.39 is 10.0 Å². The van der Waals surface area contributed by atoms with Crippen LogP contribution in [0.15, 0.2) is 41.8 Å². The second kappa shape index (κ2) is 8.87. The Bertz CT molecular complexity index is 910. The molecule has 1 aromatic carbocycles. The first-order valence-corrected chi connectivity index (χ1v) is 11.2. The number of piperidine rings is 1. The summed E-state index contributed by atoms with van der Waals surface area (Å²) in [5.74, 6) is -0.244. The van der Waals surface area contributed by atoms with Crippen LogP contribution in [0.4, 0.5) is 0 Å². The molecule has 0 saturated carbocycles. The number of amides is 1. The van der Waals surface area contributed by atoms with Gasteiger partial charge in [-0.05, 0) is 50.8 Å².